The second-order valence-corrected chi connectivity index (χ2v) is 7.47. The number of rotatable bonds is 7. The van der Waals surface area contributed by atoms with Gasteiger partial charge in [0.15, 0.2) is 0 Å². The lowest BCUT2D eigenvalue weighted by Crippen LogP contribution is -2.50. The smallest absolute Gasteiger partial charge is 0.228 e. The van der Waals surface area contributed by atoms with Gasteiger partial charge in [-0.25, -0.2) is 4.98 Å². The fraction of sp³-hybridized carbons (Fsp3) is 0.474. The Hall–Kier alpha value is -1.74. The van der Waals surface area contributed by atoms with Gasteiger partial charge in [-0.2, -0.15) is 0 Å². The van der Waals surface area contributed by atoms with Crippen molar-refractivity contribution in [1.29, 1.82) is 0 Å². The summed E-state index contributed by atoms with van der Waals surface area (Å²) in [6.07, 6.45) is 5.30. The number of nitrogens with two attached hydrogens (primary N) is 1. The average Bonchev–Trinajstić information content (AvgIpc) is 3.16. The Labute approximate surface area is 187 Å². The zero-order chi connectivity index (χ0) is 19.1. The van der Waals surface area contributed by atoms with Crippen LogP contribution in [0, 0.1) is 0 Å². The van der Waals surface area contributed by atoms with Crippen molar-refractivity contribution in [3.63, 3.8) is 0 Å². The molecule has 29 heavy (non-hydrogen) atoms. The van der Waals surface area contributed by atoms with Crippen molar-refractivity contribution < 1.29 is 9.59 Å². The van der Waals surface area contributed by atoms with Crippen LogP contribution in [0.4, 0.5) is 0 Å². The minimum Gasteiger partial charge on any atom is -0.354 e. The third-order valence-electron chi connectivity index (χ3n) is 4.62. The molecular weight excluding hydrogens is 433 g/mol. The van der Waals surface area contributed by atoms with E-state index < -0.39 is 0 Å². The molecule has 1 aliphatic rings. The molecule has 1 saturated heterocycles. The molecule has 1 atom stereocenters. The Bertz CT molecular complexity index is 775. The third-order valence-corrected chi connectivity index (χ3v) is 5.54. The Morgan fingerprint density at radius 3 is 2.83 bits per heavy atom. The number of aromatic nitrogens is 2. The number of piperidine rings is 1. The molecule has 3 rings (SSSR count). The number of likely N-dealkylation sites (tertiary alicyclic amines) is 1. The molecule has 0 aromatic carbocycles. The molecule has 0 radical (unpaired) electrons. The molecule has 3 heterocycles. The first-order valence-corrected chi connectivity index (χ1v) is 10.2. The minimum atomic E-state index is -0.0602. The van der Waals surface area contributed by atoms with Crippen molar-refractivity contribution in [3.05, 3.63) is 35.5 Å². The summed E-state index contributed by atoms with van der Waals surface area (Å²) in [4.78, 5) is 35.3. The maximum absolute atomic E-state index is 12.8. The Morgan fingerprint density at radius 2 is 2.10 bits per heavy atom. The van der Waals surface area contributed by atoms with Crippen LogP contribution in [0.2, 0.25) is 0 Å². The van der Waals surface area contributed by atoms with E-state index in [1.807, 2.05) is 28.5 Å². The van der Waals surface area contributed by atoms with E-state index in [9.17, 15) is 9.59 Å². The molecule has 2 amide bonds. The lowest BCUT2D eigenvalue weighted by molar-refractivity contribution is -0.134. The van der Waals surface area contributed by atoms with Crippen LogP contribution in [0.15, 0.2) is 29.8 Å². The van der Waals surface area contributed by atoms with Gasteiger partial charge in [-0.15, -0.1) is 36.2 Å². The number of thiazole rings is 1. The molecule has 1 aliphatic heterocycles. The predicted octanol–water partition coefficient (Wildman–Crippen LogP) is 2.44. The number of hydrogen-bond acceptors (Lipinski definition) is 6. The summed E-state index contributed by atoms with van der Waals surface area (Å²) < 4.78 is 0. The highest BCUT2D eigenvalue weighted by atomic mass is 35.5. The van der Waals surface area contributed by atoms with Crippen molar-refractivity contribution in [2.75, 3.05) is 19.6 Å². The first kappa shape index (κ1) is 25.3. The van der Waals surface area contributed by atoms with Crippen LogP contribution in [0.3, 0.4) is 0 Å². The summed E-state index contributed by atoms with van der Waals surface area (Å²) in [5.74, 6) is 0.000575. The third kappa shape index (κ3) is 7.22. The van der Waals surface area contributed by atoms with E-state index in [0.29, 0.717) is 19.5 Å². The van der Waals surface area contributed by atoms with E-state index in [0.717, 1.165) is 42.2 Å². The molecule has 0 bridgehead atoms. The van der Waals surface area contributed by atoms with Gasteiger partial charge in [0.25, 0.3) is 0 Å². The van der Waals surface area contributed by atoms with E-state index in [1.54, 1.807) is 6.20 Å². The van der Waals surface area contributed by atoms with Gasteiger partial charge in [-0.05, 0) is 31.4 Å². The molecule has 3 N–H and O–H groups in total. The molecule has 2 aromatic heterocycles. The molecule has 1 fully saturated rings. The lowest BCUT2D eigenvalue weighted by Gasteiger charge is -2.36. The summed E-state index contributed by atoms with van der Waals surface area (Å²) in [6, 6.07) is 5.74. The second-order valence-electron chi connectivity index (χ2n) is 6.62. The monoisotopic (exact) mass is 459 g/mol. The van der Waals surface area contributed by atoms with Gasteiger partial charge in [-0.3, -0.25) is 14.6 Å². The number of carbonyl (C=O) groups excluding carboxylic acids is 2. The van der Waals surface area contributed by atoms with Crippen molar-refractivity contribution in [2.24, 2.45) is 5.73 Å². The summed E-state index contributed by atoms with van der Waals surface area (Å²) in [6.45, 7) is 1.55. The van der Waals surface area contributed by atoms with Crippen molar-refractivity contribution >= 4 is 48.0 Å². The van der Waals surface area contributed by atoms with Gasteiger partial charge in [0, 0.05) is 43.7 Å². The summed E-state index contributed by atoms with van der Waals surface area (Å²) in [5.41, 5.74) is 6.99. The number of hydrogen-bond donors (Lipinski definition) is 2. The zero-order valence-electron chi connectivity index (χ0n) is 16.1. The highest BCUT2D eigenvalue weighted by Crippen LogP contribution is 2.23. The fourth-order valence-electron chi connectivity index (χ4n) is 3.24. The first-order valence-electron chi connectivity index (χ1n) is 9.29. The van der Waals surface area contributed by atoms with Gasteiger partial charge in [0.05, 0.1) is 17.8 Å². The largest absolute Gasteiger partial charge is 0.354 e. The van der Waals surface area contributed by atoms with E-state index in [4.69, 9.17) is 5.73 Å². The molecule has 160 valence electrons. The van der Waals surface area contributed by atoms with Gasteiger partial charge < -0.3 is 16.0 Å². The zero-order valence-corrected chi connectivity index (χ0v) is 18.5. The van der Waals surface area contributed by atoms with E-state index in [1.165, 1.54) is 11.3 Å². The molecular formula is C19H27Cl2N5O2S. The van der Waals surface area contributed by atoms with Crippen LogP contribution in [0.25, 0.3) is 10.7 Å². The highest BCUT2D eigenvalue weighted by molar-refractivity contribution is 7.13. The predicted molar refractivity (Wildman–Crippen MR) is 120 cm³/mol. The maximum Gasteiger partial charge on any atom is 0.228 e. The Morgan fingerprint density at radius 1 is 1.28 bits per heavy atom. The first-order chi connectivity index (χ1) is 13.2. The second kappa shape index (κ2) is 12.7. The number of amides is 2. The number of nitrogens with one attached hydrogen (secondary N) is 1. The molecule has 7 nitrogen and oxygen atoms in total. The van der Waals surface area contributed by atoms with Crippen LogP contribution in [-0.4, -0.2) is 52.4 Å². The summed E-state index contributed by atoms with van der Waals surface area (Å²) >= 11 is 1.50. The van der Waals surface area contributed by atoms with Crippen molar-refractivity contribution in [1.82, 2.24) is 20.2 Å². The van der Waals surface area contributed by atoms with Gasteiger partial charge >= 0.3 is 0 Å². The topological polar surface area (TPSA) is 101 Å². The quantitative estimate of drug-likeness (QED) is 0.661. The van der Waals surface area contributed by atoms with E-state index in [-0.39, 0.29) is 49.1 Å². The van der Waals surface area contributed by atoms with E-state index >= 15 is 0 Å². The average molecular weight is 460 g/mol. The molecule has 0 aliphatic carbocycles. The standard InChI is InChI=1S/C19H25N5O2S.2ClH/c20-8-7-17(25)22-12-15-5-2-4-10-24(15)18(26)11-14-13-27-19(23-14)16-6-1-3-9-21-16;;/h1,3,6,9,13,15H,2,4-5,7-8,10-12,20H2,(H,22,25);2*1H. The van der Waals surface area contributed by atoms with Gasteiger partial charge in [-0.1, -0.05) is 6.07 Å². The highest BCUT2D eigenvalue weighted by Gasteiger charge is 2.27. The van der Waals surface area contributed by atoms with Crippen molar-refractivity contribution in [3.8, 4) is 10.7 Å². The fourth-order valence-corrected chi connectivity index (χ4v) is 4.04. The SMILES string of the molecule is Cl.Cl.NCCC(=O)NCC1CCCCN1C(=O)Cc1csc(-c2ccccn2)n1. The lowest BCUT2D eigenvalue weighted by atomic mass is 10.0. The molecule has 0 saturated carbocycles. The number of pyridine rings is 1. The summed E-state index contributed by atoms with van der Waals surface area (Å²) in [5, 5.41) is 5.64. The van der Waals surface area contributed by atoms with Crippen LogP contribution >= 0.6 is 36.2 Å². The maximum atomic E-state index is 12.8. The number of halogens is 2. The van der Waals surface area contributed by atoms with Crippen LogP contribution in [-0.2, 0) is 16.0 Å². The molecule has 2 aromatic rings. The molecule has 0 spiro atoms. The minimum absolute atomic E-state index is 0. The van der Waals surface area contributed by atoms with Crippen molar-refractivity contribution in [2.45, 2.75) is 38.1 Å². The van der Waals surface area contributed by atoms with Gasteiger partial charge in [0.1, 0.15) is 5.01 Å². The summed E-state index contributed by atoms with van der Waals surface area (Å²) in [7, 11) is 0. The molecule has 1 unspecified atom stereocenters. The van der Waals surface area contributed by atoms with Crippen LogP contribution < -0.4 is 11.1 Å². The van der Waals surface area contributed by atoms with Crippen LogP contribution in [0.5, 0.6) is 0 Å². The number of nitrogens with zero attached hydrogens (tertiary/aromatic N) is 3. The van der Waals surface area contributed by atoms with E-state index in [2.05, 4.69) is 15.3 Å². The molecule has 10 heteroatoms. The Kier molecular flexibility index (Phi) is 11.1. The van der Waals surface area contributed by atoms with Crippen LogP contribution in [0.1, 0.15) is 31.4 Å². The number of carbonyl (C=O) groups is 2. The Balaban J connectivity index is 0.00000210. The van der Waals surface area contributed by atoms with Gasteiger partial charge in [0.2, 0.25) is 11.8 Å². The normalized spacial score (nSPS) is 15.8.